The Labute approximate surface area is 170 Å². The third-order valence-corrected chi connectivity index (χ3v) is 4.75. The molecular weight excluding hydrogens is 423 g/mol. The molecule has 2 atom stereocenters. The average molecular weight is 458 g/mol. The molecular formula is C20H35IN4. The van der Waals surface area contributed by atoms with Crippen LogP contribution in [0.1, 0.15) is 40.0 Å². The zero-order valence-corrected chi connectivity index (χ0v) is 18.5. The maximum Gasteiger partial charge on any atom is 0.191 e. The molecule has 0 bridgehead atoms. The lowest BCUT2D eigenvalue weighted by atomic mass is 10.0. The van der Waals surface area contributed by atoms with Crippen LogP contribution in [0.25, 0.3) is 0 Å². The van der Waals surface area contributed by atoms with E-state index in [0.717, 1.165) is 31.5 Å². The molecule has 1 saturated heterocycles. The van der Waals surface area contributed by atoms with Crippen molar-refractivity contribution in [3.8, 4) is 0 Å². The molecule has 0 aliphatic carbocycles. The Balaban J connectivity index is 0.00000312. The van der Waals surface area contributed by atoms with E-state index in [2.05, 4.69) is 71.6 Å². The number of nitrogens with zero attached hydrogens (tertiary/aromatic N) is 2. The van der Waals surface area contributed by atoms with E-state index in [0.29, 0.717) is 12.0 Å². The van der Waals surface area contributed by atoms with Crippen molar-refractivity contribution in [1.29, 1.82) is 0 Å². The van der Waals surface area contributed by atoms with Gasteiger partial charge in [0.1, 0.15) is 0 Å². The molecule has 1 aliphatic heterocycles. The zero-order valence-electron chi connectivity index (χ0n) is 16.2. The maximum absolute atomic E-state index is 4.37. The van der Waals surface area contributed by atoms with E-state index >= 15 is 0 Å². The molecule has 1 aromatic carbocycles. The highest BCUT2D eigenvalue weighted by molar-refractivity contribution is 14.0. The number of aliphatic imine (C=N–C) groups is 1. The van der Waals surface area contributed by atoms with Gasteiger partial charge in [-0.3, -0.25) is 4.99 Å². The molecule has 5 heteroatoms. The standard InChI is InChI=1S/C20H34N4.HI/c1-16(2)10-11-17(3)23-20(21-4)22-14-18-12-13-24(15-18)19-8-6-5-7-9-19;/h5-9,16-18H,10-15H2,1-4H3,(H2,21,22,23);1H. The monoisotopic (exact) mass is 458 g/mol. The molecule has 0 aromatic heterocycles. The van der Waals surface area contributed by atoms with Crippen LogP contribution in [0.3, 0.4) is 0 Å². The van der Waals surface area contributed by atoms with Gasteiger partial charge in [-0.1, -0.05) is 32.0 Å². The number of para-hydroxylation sites is 1. The van der Waals surface area contributed by atoms with Crippen molar-refractivity contribution in [3.05, 3.63) is 30.3 Å². The van der Waals surface area contributed by atoms with Crippen molar-refractivity contribution in [3.63, 3.8) is 0 Å². The van der Waals surface area contributed by atoms with Gasteiger partial charge in [-0.2, -0.15) is 0 Å². The predicted molar refractivity (Wildman–Crippen MR) is 120 cm³/mol. The van der Waals surface area contributed by atoms with Crippen LogP contribution in [0.4, 0.5) is 5.69 Å². The normalized spacial score (nSPS) is 18.8. The molecule has 0 amide bonds. The molecule has 0 radical (unpaired) electrons. The zero-order chi connectivity index (χ0) is 17.4. The molecule has 1 fully saturated rings. The molecule has 2 rings (SSSR count). The van der Waals surface area contributed by atoms with Gasteiger partial charge in [-0.15, -0.1) is 24.0 Å². The summed E-state index contributed by atoms with van der Waals surface area (Å²) in [5, 5.41) is 7.03. The lowest BCUT2D eigenvalue weighted by molar-refractivity contribution is 0.485. The van der Waals surface area contributed by atoms with Crippen LogP contribution in [0.15, 0.2) is 35.3 Å². The minimum Gasteiger partial charge on any atom is -0.371 e. The first-order chi connectivity index (χ1) is 11.6. The molecule has 2 N–H and O–H groups in total. The second-order valence-corrected chi connectivity index (χ2v) is 7.41. The second kappa shape index (κ2) is 11.6. The average Bonchev–Trinajstić information content (AvgIpc) is 3.06. The molecule has 1 aromatic rings. The van der Waals surface area contributed by atoms with E-state index in [1.807, 2.05) is 7.05 Å². The maximum atomic E-state index is 4.37. The van der Waals surface area contributed by atoms with Gasteiger partial charge in [-0.05, 0) is 50.2 Å². The molecule has 0 spiro atoms. The van der Waals surface area contributed by atoms with Crippen molar-refractivity contribution in [1.82, 2.24) is 10.6 Å². The van der Waals surface area contributed by atoms with E-state index in [1.54, 1.807) is 0 Å². The van der Waals surface area contributed by atoms with Gasteiger partial charge in [-0.25, -0.2) is 0 Å². The van der Waals surface area contributed by atoms with Crippen LogP contribution < -0.4 is 15.5 Å². The van der Waals surface area contributed by atoms with E-state index in [-0.39, 0.29) is 24.0 Å². The van der Waals surface area contributed by atoms with Gasteiger partial charge >= 0.3 is 0 Å². The fourth-order valence-corrected chi connectivity index (χ4v) is 3.20. The van der Waals surface area contributed by atoms with E-state index < -0.39 is 0 Å². The predicted octanol–water partition coefficient (Wildman–Crippen LogP) is 4.12. The van der Waals surface area contributed by atoms with Crippen LogP contribution in [-0.2, 0) is 0 Å². The number of guanidine groups is 1. The Morgan fingerprint density at radius 3 is 2.56 bits per heavy atom. The van der Waals surface area contributed by atoms with E-state index in [1.165, 1.54) is 24.9 Å². The van der Waals surface area contributed by atoms with Crippen molar-refractivity contribution in [2.75, 3.05) is 31.6 Å². The lowest BCUT2D eigenvalue weighted by Gasteiger charge is -2.21. The highest BCUT2D eigenvalue weighted by Crippen LogP contribution is 2.22. The van der Waals surface area contributed by atoms with Gasteiger partial charge in [0.2, 0.25) is 0 Å². The topological polar surface area (TPSA) is 39.7 Å². The highest BCUT2D eigenvalue weighted by atomic mass is 127. The third-order valence-electron chi connectivity index (χ3n) is 4.75. The third kappa shape index (κ3) is 7.84. The minimum absolute atomic E-state index is 0. The summed E-state index contributed by atoms with van der Waals surface area (Å²) in [4.78, 5) is 6.85. The molecule has 2 unspecified atom stereocenters. The number of hydrogen-bond donors (Lipinski definition) is 2. The van der Waals surface area contributed by atoms with Crippen LogP contribution >= 0.6 is 24.0 Å². The highest BCUT2D eigenvalue weighted by Gasteiger charge is 2.22. The summed E-state index contributed by atoms with van der Waals surface area (Å²) < 4.78 is 0. The summed E-state index contributed by atoms with van der Waals surface area (Å²) in [6, 6.07) is 11.2. The number of anilines is 1. The minimum atomic E-state index is 0. The van der Waals surface area contributed by atoms with Crippen molar-refractivity contribution < 1.29 is 0 Å². The van der Waals surface area contributed by atoms with Crippen molar-refractivity contribution in [2.24, 2.45) is 16.8 Å². The SMILES string of the molecule is CN=C(NCC1CCN(c2ccccc2)C1)NC(C)CCC(C)C.I. The van der Waals surface area contributed by atoms with Gasteiger partial charge in [0.25, 0.3) is 0 Å². The quantitative estimate of drug-likeness (QED) is 0.367. The van der Waals surface area contributed by atoms with Crippen LogP contribution in [0.2, 0.25) is 0 Å². The fraction of sp³-hybridized carbons (Fsp3) is 0.650. The van der Waals surface area contributed by atoms with Crippen LogP contribution in [-0.4, -0.2) is 38.7 Å². The molecule has 25 heavy (non-hydrogen) atoms. The van der Waals surface area contributed by atoms with E-state index in [4.69, 9.17) is 0 Å². The van der Waals surface area contributed by atoms with Crippen molar-refractivity contribution in [2.45, 2.75) is 46.1 Å². The Bertz CT molecular complexity index is 504. The Morgan fingerprint density at radius 1 is 1.20 bits per heavy atom. The molecule has 142 valence electrons. The number of hydrogen-bond acceptors (Lipinski definition) is 2. The summed E-state index contributed by atoms with van der Waals surface area (Å²) in [7, 11) is 1.86. The van der Waals surface area contributed by atoms with Crippen LogP contribution in [0, 0.1) is 11.8 Å². The molecule has 1 aliphatic rings. The first kappa shape index (κ1) is 22.1. The first-order valence-electron chi connectivity index (χ1n) is 9.35. The number of nitrogens with one attached hydrogen (secondary N) is 2. The molecule has 1 heterocycles. The summed E-state index contributed by atoms with van der Waals surface area (Å²) in [6.07, 6.45) is 3.67. The number of halogens is 1. The number of benzene rings is 1. The number of rotatable bonds is 7. The largest absolute Gasteiger partial charge is 0.371 e. The van der Waals surface area contributed by atoms with Gasteiger partial charge in [0.05, 0.1) is 0 Å². The summed E-state index contributed by atoms with van der Waals surface area (Å²) in [6.45, 7) is 10.0. The Kier molecular flexibility index (Phi) is 10.2. The fourth-order valence-electron chi connectivity index (χ4n) is 3.20. The van der Waals surface area contributed by atoms with Gasteiger partial charge in [0.15, 0.2) is 5.96 Å². The van der Waals surface area contributed by atoms with Gasteiger partial charge < -0.3 is 15.5 Å². The molecule has 4 nitrogen and oxygen atoms in total. The second-order valence-electron chi connectivity index (χ2n) is 7.41. The van der Waals surface area contributed by atoms with Crippen molar-refractivity contribution >= 4 is 35.6 Å². The summed E-state index contributed by atoms with van der Waals surface area (Å²) in [5.74, 6) is 2.37. The summed E-state index contributed by atoms with van der Waals surface area (Å²) in [5.41, 5.74) is 1.34. The van der Waals surface area contributed by atoms with E-state index in [9.17, 15) is 0 Å². The first-order valence-corrected chi connectivity index (χ1v) is 9.35. The summed E-state index contributed by atoms with van der Waals surface area (Å²) >= 11 is 0. The van der Waals surface area contributed by atoms with Gasteiger partial charge in [0, 0.05) is 38.4 Å². The molecule has 0 saturated carbocycles. The Morgan fingerprint density at radius 2 is 1.92 bits per heavy atom. The van der Waals surface area contributed by atoms with Crippen LogP contribution in [0.5, 0.6) is 0 Å². The smallest absolute Gasteiger partial charge is 0.191 e. The Hall–Kier alpha value is -0.980. The lowest BCUT2D eigenvalue weighted by Crippen LogP contribution is -2.44.